The van der Waals surface area contributed by atoms with Gasteiger partial charge in [-0.1, -0.05) is 11.8 Å². The summed E-state index contributed by atoms with van der Waals surface area (Å²) in [5.74, 6) is 2.20. The van der Waals surface area contributed by atoms with Gasteiger partial charge in [0, 0.05) is 12.3 Å². The number of thioether (sulfide) groups is 1. The van der Waals surface area contributed by atoms with Crippen LogP contribution in [0.2, 0.25) is 0 Å². The third kappa shape index (κ3) is 1.03. The first-order valence-corrected chi connectivity index (χ1v) is 4.43. The van der Waals surface area contributed by atoms with Gasteiger partial charge in [-0.25, -0.2) is 0 Å². The molecule has 0 aromatic heterocycles. The lowest BCUT2D eigenvalue weighted by atomic mass is 10.5. The van der Waals surface area contributed by atoms with Crippen molar-refractivity contribution in [2.24, 2.45) is 0 Å². The lowest BCUT2D eigenvalue weighted by Crippen LogP contribution is -2.37. The molecule has 2 aliphatic rings. The van der Waals surface area contributed by atoms with Crippen molar-refractivity contribution >= 4 is 11.8 Å². The molecule has 0 atom stereocenters. The highest BCUT2D eigenvalue weighted by atomic mass is 32.2. The molecule has 2 rings (SSSR count). The van der Waals surface area contributed by atoms with E-state index in [1.54, 1.807) is 11.8 Å². The van der Waals surface area contributed by atoms with Crippen LogP contribution in [0, 0.1) is 0 Å². The summed E-state index contributed by atoms with van der Waals surface area (Å²) in [7, 11) is 0. The molecule has 0 aromatic carbocycles. The topological polar surface area (TPSA) is 33.3 Å². The van der Waals surface area contributed by atoms with Gasteiger partial charge in [0.25, 0.3) is 0 Å². The monoisotopic (exact) mass is 158 g/mol. The minimum Gasteiger partial charge on any atom is -0.482 e. The van der Waals surface area contributed by atoms with Gasteiger partial charge in [0.15, 0.2) is 5.09 Å². The second-order valence-electron chi connectivity index (χ2n) is 2.21. The van der Waals surface area contributed by atoms with Gasteiger partial charge < -0.3 is 15.4 Å². The number of hydrogen-bond donors (Lipinski definition) is 2. The zero-order valence-corrected chi connectivity index (χ0v) is 6.46. The third-order valence-electron chi connectivity index (χ3n) is 1.48. The summed E-state index contributed by atoms with van der Waals surface area (Å²) in [6.45, 7) is 2.76. The molecular weight excluding hydrogens is 148 g/mol. The first kappa shape index (κ1) is 6.22. The lowest BCUT2D eigenvalue weighted by molar-refractivity contribution is 0.212. The van der Waals surface area contributed by atoms with Crippen molar-refractivity contribution in [3.63, 3.8) is 0 Å². The summed E-state index contributed by atoms with van der Waals surface area (Å²) >= 11 is 1.78. The minimum absolute atomic E-state index is 0.799. The molecule has 10 heavy (non-hydrogen) atoms. The summed E-state index contributed by atoms with van der Waals surface area (Å²) in [5.41, 5.74) is 0. The Labute approximate surface area is 64.2 Å². The van der Waals surface area contributed by atoms with E-state index in [2.05, 4.69) is 10.6 Å². The Morgan fingerprint density at radius 1 is 1.30 bits per heavy atom. The van der Waals surface area contributed by atoms with Gasteiger partial charge in [0.1, 0.15) is 12.4 Å². The molecule has 0 saturated heterocycles. The van der Waals surface area contributed by atoms with Crippen LogP contribution < -0.4 is 10.6 Å². The molecule has 4 heteroatoms. The van der Waals surface area contributed by atoms with Gasteiger partial charge in [-0.3, -0.25) is 0 Å². The molecule has 0 aromatic rings. The smallest absolute Gasteiger partial charge is 0.193 e. The van der Waals surface area contributed by atoms with Crippen molar-refractivity contribution in [1.29, 1.82) is 0 Å². The molecule has 0 bridgehead atoms. The molecule has 56 valence electrons. The molecular formula is C6H10N2OS. The van der Waals surface area contributed by atoms with Crippen molar-refractivity contribution < 1.29 is 4.74 Å². The predicted molar refractivity (Wildman–Crippen MR) is 41.4 cm³/mol. The minimum atomic E-state index is 0.799. The average Bonchev–Trinajstić information content (AvgIpc) is 2.05. The van der Waals surface area contributed by atoms with Crippen LogP contribution >= 0.6 is 11.8 Å². The number of ether oxygens (including phenoxy) is 1. The van der Waals surface area contributed by atoms with Gasteiger partial charge in [-0.05, 0) is 0 Å². The second kappa shape index (κ2) is 2.62. The van der Waals surface area contributed by atoms with Crippen LogP contribution in [-0.2, 0) is 4.74 Å². The lowest BCUT2D eigenvalue weighted by Gasteiger charge is -2.26. The van der Waals surface area contributed by atoms with Gasteiger partial charge >= 0.3 is 0 Å². The van der Waals surface area contributed by atoms with Crippen molar-refractivity contribution in [1.82, 2.24) is 10.6 Å². The van der Waals surface area contributed by atoms with Gasteiger partial charge in [0.2, 0.25) is 0 Å². The molecule has 0 unspecified atom stereocenters. The van der Waals surface area contributed by atoms with Crippen LogP contribution in [0.4, 0.5) is 0 Å². The zero-order valence-electron chi connectivity index (χ0n) is 5.64. The molecule has 0 radical (unpaired) electrons. The van der Waals surface area contributed by atoms with Crippen LogP contribution in [-0.4, -0.2) is 25.4 Å². The van der Waals surface area contributed by atoms with E-state index in [0.717, 1.165) is 36.4 Å². The van der Waals surface area contributed by atoms with E-state index in [1.807, 2.05) is 0 Å². The summed E-state index contributed by atoms with van der Waals surface area (Å²) < 4.78 is 5.40. The largest absolute Gasteiger partial charge is 0.482 e. The average molecular weight is 158 g/mol. The maximum atomic E-state index is 5.40. The Balaban J connectivity index is 2.14. The first-order valence-electron chi connectivity index (χ1n) is 3.44. The van der Waals surface area contributed by atoms with Crippen LogP contribution in [0.25, 0.3) is 0 Å². The van der Waals surface area contributed by atoms with E-state index in [9.17, 15) is 0 Å². The van der Waals surface area contributed by atoms with Crippen LogP contribution in [0.3, 0.4) is 0 Å². The molecule has 0 spiro atoms. The predicted octanol–water partition coefficient (Wildman–Crippen LogP) is 0.0692. The van der Waals surface area contributed by atoms with E-state index in [1.165, 1.54) is 0 Å². The number of rotatable bonds is 0. The highest BCUT2D eigenvalue weighted by Crippen LogP contribution is 2.23. The fraction of sp³-hybridized carbons (Fsp3) is 0.667. The SMILES string of the molecule is C1COC2=C(N1)NCCS2. The van der Waals surface area contributed by atoms with Gasteiger partial charge in [0.05, 0.1) is 6.54 Å². The highest BCUT2D eigenvalue weighted by Gasteiger charge is 2.16. The van der Waals surface area contributed by atoms with E-state index in [-0.39, 0.29) is 0 Å². The zero-order chi connectivity index (χ0) is 6.81. The fourth-order valence-electron chi connectivity index (χ4n) is 1.03. The first-order chi connectivity index (χ1) is 4.97. The Kier molecular flexibility index (Phi) is 1.63. The summed E-state index contributed by atoms with van der Waals surface area (Å²) in [4.78, 5) is 0. The fourth-order valence-corrected chi connectivity index (χ4v) is 1.88. The van der Waals surface area contributed by atoms with Crippen molar-refractivity contribution in [2.75, 3.05) is 25.4 Å². The molecule has 0 saturated carbocycles. The molecule has 2 N–H and O–H groups in total. The van der Waals surface area contributed by atoms with Crippen molar-refractivity contribution in [3.05, 3.63) is 10.9 Å². The highest BCUT2D eigenvalue weighted by molar-refractivity contribution is 8.02. The molecule has 0 fully saturated rings. The van der Waals surface area contributed by atoms with E-state index < -0.39 is 0 Å². The van der Waals surface area contributed by atoms with E-state index in [4.69, 9.17) is 4.74 Å². The third-order valence-corrected chi connectivity index (χ3v) is 2.47. The molecule has 0 amide bonds. The summed E-state index contributed by atoms with van der Waals surface area (Å²) in [6, 6.07) is 0. The summed E-state index contributed by atoms with van der Waals surface area (Å²) in [6.07, 6.45) is 0. The number of nitrogens with one attached hydrogen (secondary N) is 2. The molecule has 3 nitrogen and oxygen atoms in total. The van der Waals surface area contributed by atoms with E-state index in [0.29, 0.717) is 0 Å². The Hall–Kier alpha value is -0.510. The summed E-state index contributed by atoms with van der Waals surface area (Å²) in [5, 5.41) is 7.53. The maximum Gasteiger partial charge on any atom is 0.193 e. The normalized spacial score (nSPS) is 24.0. The molecule has 0 aliphatic carbocycles. The second-order valence-corrected chi connectivity index (χ2v) is 3.28. The van der Waals surface area contributed by atoms with Gasteiger partial charge in [-0.15, -0.1) is 0 Å². The van der Waals surface area contributed by atoms with Gasteiger partial charge in [-0.2, -0.15) is 0 Å². The van der Waals surface area contributed by atoms with Crippen LogP contribution in [0.1, 0.15) is 0 Å². The number of hydrogen-bond acceptors (Lipinski definition) is 4. The quantitative estimate of drug-likeness (QED) is 0.522. The van der Waals surface area contributed by atoms with Crippen LogP contribution in [0.15, 0.2) is 10.9 Å². The van der Waals surface area contributed by atoms with E-state index >= 15 is 0 Å². The van der Waals surface area contributed by atoms with Crippen molar-refractivity contribution in [3.8, 4) is 0 Å². The van der Waals surface area contributed by atoms with Crippen molar-refractivity contribution in [2.45, 2.75) is 0 Å². The Morgan fingerprint density at radius 3 is 3.10 bits per heavy atom. The van der Waals surface area contributed by atoms with Crippen LogP contribution in [0.5, 0.6) is 0 Å². The Morgan fingerprint density at radius 2 is 2.20 bits per heavy atom. The maximum absolute atomic E-state index is 5.40. The standard InChI is InChI=1S/C6H10N2OS/c1-3-9-6-5(7-1)8-2-4-10-6/h7-8H,1-4H2. The molecule has 2 aliphatic heterocycles. The molecule has 2 heterocycles. The Bertz CT molecular complexity index is 135.